The maximum atomic E-state index is 12.6. The van der Waals surface area contributed by atoms with E-state index >= 15 is 0 Å². The summed E-state index contributed by atoms with van der Waals surface area (Å²) >= 11 is 7.56. The number of benzene rings is 1. The molecule has 0 unspecified atom stereocenters. The molecule has 3 aromatic rings. The first-order valence-corrected chi connectivity index (χ1v) is 12.9. The molecule has 1 aromatic carbocycles. The Hall–Kier alpha value is -1.77. The van der Waals surface area contributed by atoms with Crippen LogP contribution < -0.4 is 9.94 Å². The van der Waals surface area contributed by atoms with Gasteiger partial charge in [0, 0.05) is 0 Å². The normalized spacial score (nSPS) is 13.1. The summed E-state index contributed by atoms with van der Waals surface area (Å²) in [6.07, 6.45) is 0. The largest absolute Gasteiger partial charge is 0.465 e. The van der Waals surface area contributed by atoms with E-state index in [0.29, 0.717) is 10.2 Å². The topological polar surface area (TPSA) is 138 Å². The summed E-state index contributed by atoms with van der Waals surface area (Å²) < 4.78 is 59.2. The lowest BCUT2D eigenvalue weighted by atomic mass is 10.3. The van der Waals surface area contributed by atoms with Gasteiger partial charge in [-0.2, -0.15) is 8.42 Å². The predicted octanol–water partition coefficient (Wildman–Crippen LogP) is 1.92. The molecule has 0 aliphatic heterocycles. The second-order valence-corrected chi connectivity index (χ2v) is 11.7. The number of thiazole rings is 1. The average Bonchev–Trinajstić information content (AvgIpc) is 3.18. The van der Waals surface area contributed by atoms with Crippen molar-refractivity contribution in [3.05, 3.63) is 39.5 Å². The summed E-state index contributed by atoms with van der Waals surface area (Å²) in [4.78, 5) is 11.8. The minimum Gasteiger partial charge on any atom is -0.465 e. The highest BCUT2D eigenvalue weighted by atomic mass is 35.5. The van der Waals surface area contributed by atoms with Crippen LogP contribution in [-0.2, 0) is 36.1 Å². The lowest BCUT2D eigenvalue weighted by Crippen LogP contribution is -2.23. The summed E-state index contributed by atoms with van der Waals surface area (Å²) in [7, 11) is -8.06. The number of aromatic nitrogens is 1. The van der Waals surface area contributed by atoms with Crippen molar-refractivity contribution < 1.29 is 26.4 Å². The van der Waals surface area contributed by atoms with Crippen LogP contribution in [0.25, 0.3) is 10.2 Å². The number of ether oxygens (including phenoxy) is 1. The SMILES string of the molecule is CCOC(=O)Cn1c(=NS(=O)(=O)c2ccc(Cl)s2)sc2cc(S(N)(=O)=O)ccc21. The van der Waals surface area contributed by atoms with Gasteiger partial charge in [-0.1, -0.05) is 22.9 Å². The first-order chi connectivity index (χ1) is 13.5. The zero-order valence-corrected chi connectivity index (χ0v) is 18.8. The Bertz CT molecular complexity index is 1370. The number of carbonyl (C=O) groups is 1. The van der Waals surface area contributed by atoms with Crippen molar-refractivity contribution in [3.63, 3.8) is 0 Å². The number of carbonyl (C=O) groups excluding carboxylic acids is 1. The second kappa shape index (κ2) is 8.16. The molecule has 2 heterocycles. The highest BCUT2D eigenvalue weighted by Gasteiger charge is 2.19. The number of fused-ring (bicyclic) bond motifs is 1. The Morgan fingerprint density at radius 2 is 1.93 bits per heavy atom. The number of nitrogens with zero attached hydrogens (tertiary/aromatic N) is 2. The predicted molar refractivity (Wildman–Crippen MR) is 110 cm³/mol. The standard InChI is InChI=1S/C15H14ClN3O6S4/c1-2-25-13(20)8-19-10-4-3-9(28(17,21)22)7-11(10)26-15(19)18-29(23,24)14-6-5-12(16)27-14/h3-7H,2,8H2,1H3,(H2,17,21,22). The van der Waals surface area contributed by atoms with E-state index in [1.165, 1.54) is 34.9 Å². The zero-order valence-electron chi connectivity index (χ0n) is 14.7. The molecule has 0 fully saturated rings. The number of hydrogen-bond donors (Lipinski definition) is 1. The smallest absolute Gasteiger partial charge is 0.326 e. The maximum absolute atomic E-state index is 12.6. The Kier molecular flexibility index (Phi) is 6.17. The molecule has 0 radical (unpaired) electrons. The molecule has 0 bridgehead atoms. The van der Waals surface area contributed by atoms with Crippen molar-refractivity contribution in [3.8, 4) is 0 Å². The van der Waals surface area contributed by atoms with E-state index in [1.54, 1.807) is 6.92 Å². The number of thiophene rings is 1. The van der Waals surface area contributed by atoms with E-state index in [4.69, 9.17) is 21.5 Å². The minimum absolute atomic E-state index is 0.0239. The molecule has 156 valence electrons. The van der Waals surface area contributed by atoms with Crippen LogP contribution in [0.4, 0.5) is 0 Å². The van der Waals surface area contributed by atoms with Crippen molar-refractivity contribution in [2.75, 3.05) is 6.61 Å². The summed E-state index contributed by atoms with van der Waals surface area (Å²) in [5.41, 5.74) is 0.411. The molecule has 9 nitrogen and oxygen atoms in total. The third-order valence-electron chi connectivity index (χ3n) is 3.58. The van der Waals surface area contributed by atoms with Crippen LogP contribution in [0, 0.1) is 0 Å². The van der Waals surface area contributed by atoms with Gasteiger partial charge in [-0.05, 0) is 37.3 Å². The Morgan fingerprint density at radius 1 is 1.21 bits per heavy atom. The van der Waals surface area contributed by atoms with E-state index in [1.807, 2.05) is 0 Å². The van der Waals surface area contributed by atoms with Crippen LogP contribution in [-0.4, -0.2) is 34.0 Å². The average molecular weight is 496 g/mol. The molecular weight excluding hydrogens is 482 g/mol. The van der Waals surface area contributed by atoms with Gasteiger partial charge in [0.15, 0.2) is 0 Å². The van der Waals surface area contributed by atoms with Crippen LogP contribution >= 0.6 is 34.3 Å². The molecule has 0 atom stereocenters. The summed E-state index contributed by atoms with van der Waals surface area (Å²) in [5, 5.41) is 5.16. The number of primary sulfonamides is 1. The highest BCUT2D eigenvalue weighted by molar-refractivity contribution is 7.92. The molecule has 2 N–H and O–H groups in total. The molecular formula is C15H14ClN3O6S4. The van der Waals surface area contributed by atoms with Crippen molar-refractivity contribution in [1.29, 1.82) is 0 Å². The monoisotopic (exact) mass is 495 g/mol. The highest BCUT2D eigenvalue weighted by Crippen LogP contribution is 2.27. The molecule has 2 aromatic heterocycles. The third kappa shape index (κ3) is 4.87. The van der Waals surface area contributed by atoms with Crippen LogP contribution in [0.2, 0.25) is 4.34 Å². The first kappa shape index (κ1) is 21.9. The number of halogens is 1. The second-order valence-electron chi connectivity index (χ2n) is 5.58. The van der Waals surface area contributed by atoms with Gasteiger partial charge in [-0.25, -0.2) is 13.6 Å². The fourth-order valence-corrected chi connectivity index (χ4v) is 6.72. The van der Waals surface area contributed by atoms with E-state index < -0.39 is 26.0 Å². The summed E-state index contributed by atoms with van der Waals surface area (Å²) in [6, 6.07) is 6.75. The third-order valence-corrected chi connectivity index (χ3v) is 8.61. The summed E-state index contributed by atoms with van der Waals surface area (Å²) in [5.74, 6) is -0.597. The van der Waals surface area contributed by atoms with Gasteiger partial charge in [0.05, 0.1) is 26.1 Å². The van der Waals surface area contributed by atoms with Gasteiger partial charge in [-0.15, -0.1) is 15.7 Å². The maximum Gasteiger partial charge on any atom is 0.326 e. The van der Waals surface area contributed by atoms with Crippen molar-refractivity contribution in [2.45, 2.75) is 22.6 Å². The Balaban J connectivity index is 2.24. The molecule has 29 heavy (non-hydrogen) atoms. The molecule has 0 spiro atoms. The van der Waals surface area contributed by atoms with Crippen molar-refractivity contribution >= 4 is 70.5 Å². The Morgan fingerprint density at radius 3 is 2.52 bits per heavy atom. The summed E-state index contributed by atoms with van der Waals surface area (Å²) in [6.45, 7) is 1.49. The lowest BCUT2D eigenvalue weighted by Gasteiger charge is -2.05. The fraction of sp³-hybridized carbons (Fsp3) is 0.200. The van der Waals surface area contributed by atoms with Gasteiger partial charge < -0.3 is 9.30 Å². The molecule has 14 heteroatoms. The molecule has 0 amide bonds. The number of esters is 1. The van der Waals surface area contributed by atoms with Gasteiger partial charge in [-0.3, -0.25) is 4.79 Å². The molecule has 0 aliphatic carbocycles. The van der Waals surface area contributed by atoms with E-state index in [9.17, 15) is 21.6 Å². The van der Waals surface area contributed by atoms with Crippen LogP contribution in [0.1, 0.15) is 6.92 Å². The zero-order chi connectivity index (χ0) is 21.4. The van der Waals surface area contributed by atoms with Crippen LogP contribution in [0.3, 0.4) is 0 Å². The van der Waals surface area contributed by atoms with E-state index in [-0.39, 0.29) is 31.4 Å². The first-order valence-electron chi connectivity index (χ1n) is 7.89. The Labute approximate surface area is 179 Å². The van der Waals surface area contributed by atoms with Crippen molar-refractivity contribution in [2.24, 2.45) is 9.54 Å². The van der Waals surface area contributed by atoms with Gasteiger partial charge in [0.2, 0.25) is 14.8 Å². The number of rotatable bonds is 6. The van der Waals surface area contributed by atoms with Crippen LogP contribution in [0.15, 0.2) is 43.8 Å². The molecule has 0 aliphatic rings. The van der Waals surface area contributed by atoms with Gasteiger partial charge in [0.25, 0.3) is 10.0 Å². The van der Waals surface area contributed by atoms with Gasteiger partial charge in [0.1, 0.15) is 10.8 Å². The van der Waals surface area contributed by atoms with Crippen LogP contribution in [0.5, 0.6) is 0 Å². The van der Waals surface area contributed by atoms with E-state index in [0.717, 1.165) is 22.7 Å². The molecule has 3 rings (SSSR count). The minimum atomic E-state index is -4.10. The number of nitrogens with two attached hydrogens (primary N) is 1. The number of sulfonamides is 2. The quantitative estimate of drug-likeness (QED) is 0.518. The molecule has 0 saturated heterocycles. The van der Waals surface area contributed by atoms with Gasteiger partial charge >= 0.3 is 5.97 Å². The number of hydrogen-bond acceptors (Lipinski definition) is 8. The lowest BCUT2D eigenvalue weighted by molar-refractivity contribution is -0.143. The fourth-order valence-electron chi connectivity index (χ4n) is 2.37. The molecule has 0 saturated carbocycles. The van der Waals surface area contributed by atoms with E-state index in [2.05, 4.69) is 4.40 Å². The van der Waals surface area contributed by atoms with Crippen molar-refractivity contribution in [1.82, 2.24) is 4.57 Å².